The number of pyridine rings is 1. The first-order chi connectivity index (χ1) is 35.2. The SMILES string of the molecule is O=C(O)CC[C@H](NC(=O)N[C@@H](CCCCNC(=O)[C@H](Cc1ccc2ccccc2c1)NC(=O)c1ccc(CNC(=O)[C@H](CCC(=O)O)NC(=O)[C@H](CCC(=O)O)NC(=O)c2ccc(F)nc2)cc1)C(=O)O)C(=O)O. The summed E-state index contributed by atoms with van der Waals surface area (Å²) >= 11 is 0. The lowest BCUT2D eigenvalue weighted by molar-refractivity contribution is -0.141. The number of carbonyl (C=O) groups excluding carboxylic acids is 6. The Bertz CT molecular complexity index is 2690. The van der Waals surface area contributed by atoms with Crippen molar-refractivity contribution in [3.8, 4) is 0 Å². The minimum Gasteiger partial charge on any atom is -0.481 e. The molecule has 0 spiro atoms. The van der Waals surface area contributed by atoms with Gasteiger partial charge in [0.2, 0.25) is 23.7 Å². The van der Waals surface area contributed by atoms with Crippen LogP contribution in [0.2, 0.25) is 0 Å². The number of amides is 7. The standard InChI is InChI=1S/C49H55FN8O16/c50-38-18-14-32(26-52-38)43(66)54-34(16-20-40(61)62)46(69)55-33(15-19-39(59)60)44(67)53-25-27-8-12-30(13-9-27)42(65)56-37(24-28-10-11-29-5-1-2-6-31(29)23-28)45(68)51-22-4-3-7-35(47(70)71)57-49(74)58-36(48(72)73)17-21-41(63)64/h1-2,5-6,8-14,18,23,26,33-37H,3-4,7,15-17,19-22,24-25H2,(H,51,68)(H,53,67)(H,54,66)(H,55,69)(H,56,65)(H,59,60)(H,61,62)(H,63,64)(H,70,71)(H,72,73)(H2,57,58,74)/t33-,34-,35-,36-,37-/m0/s1. The van der Waals surface area contributed by atoms with Gasteiger partial charge in [0, 0.05) is 50.5 Å². The molecule has 0 aliphatic heterocycles. The third-order valence-corrected chi connectivity index (χ3v) is 11.2. The number of fused-ring (bicyclic) bond motifs is 1. The topological polar surface area (TPSA) is 386 Å². The molecule has 5 atom stereocenters. The molecule has 394 valence electrons. The molecule has 3 aromatic carbocycles. The van der Waals surface area contributed by atoms with E-state index in [1.807, 2.05) is 41.7 Å². The fourth-order valence-corrected chi connectivity index (χ4v) is 7.18. The predicted molar refractivity (Wildman–Crippen MR) is 257 cm³/mol. The van der Waals surface area contributed by atoms with E-state index in [-0.39, 0.29) is 49.9 Å². The molecule has 24 nitrogen and oxygen atoms in total. The highest BCUT2D eigenvalue weighted by Gasteiger charge is 2.29. The number of carboxylic acids is 5. The Balaban J connectivity index is 1.38. The number of carboxylic acid groups (broad SMARTS) is 5. The minimum absolute atomic E-state index is 0.0241. The molecule has 1 aromatic heterocycles. The van der Waals surface area contributed by atoms with Gasteiger partial charge in [0.25, 0.3) is 11.8 Å². The molecule has 0 fully saturated rings. The summed E-state index contributed by atoms with van der Waals surface area (Å²) in [7, 11) is 0. The lowest BCUT2D eigenvalue weighted by Crippen LogP contribution is -2.53. The second-order valence-electron chi connectivity index (χ2n) is 16.8. The van der Waals surface area contributed by atoms with Crippen LogP contribution in [0.25, 0.3) is 10.8 Å². The van der Waals surface area contributed by atoms with Gasteiger partial charge in [0.1, 0.15) is 30.2 Å². The Morgan fingerprint density at radius 1 is 0.486 bits per heavy atom. The largest absolute Gasteiger partial charge is 0.481 e. The Kier molecular flexibility index (Phi) is 22.3. The van der Waals surface area contributed by atoms with Crippen molar-refractivity contribution < 1.29 is 82.7 Å². The fourth-order valence-electron chi connectivity index (χ4n) is 7.18. The summed E-state index contributed by atoms with van der Waals surface area (Å²) in [5, 5.41) is 65.2. The van der Waals surface area contributed by atoms with E-state index in [0.29, 0.717) is 11.1 Å². The molecule has 0 aliphatic rings. The number of aromatic nitrogens is 1. The van der Waals surface area contributed by atoms with Crippen LogP contribution in [-0.2, 0) is 51.3 Å². The zero-order chi connectivity index (χ0) is 54.3. The van der Waals surface area contributed by atoms with Crippen LogP contribution in [0, 0.1) is 5.95 Å². The predicted octanol–water partition coefficient (Wildman–Crippen LogP) is 1.70. The molecule has 7 amide bonds. The maximum atomic E-state index is 13.7. The van der Waals surface area contributed by atoms with Gasteiger partial charge in [0.15, 0.2) is 0 Å². The Hall–Kier alpha value is -9.03. The number of halogens is 1. The normalized spacial score (nSPS) is 12.8. The number of benzene rings is 3. The van der Waals surface area contributed by atoms with Crippen molar-refractivity contribution in [2.75, 3.05) is 6.54 Å². The Morgan fingerprint density at radius 3 is 1.58 bits per heavy atom. The summed E-state index contributed by atoms with van der Waals surface area (Å²) in [5.74, 6) is -11.7. The second-order valence-corrected chi connectivity index (χ2v) is 16.8. The maximum absolute atomic E-state index is 13.7. The van der Waals surface area contributed by atoms with Gasteiger partial charge < -0.3 is 62.8 Å². The summed E-state index contributed by atoms with van der Waals surface area (Å²) in [5.41, 5.74) is 1.12. The van der Waals surface area contributed by atoms with Gasteiger partial charge in [-0.25, -0.2) is 19.4 Å². The molecule has 0 unspecified atom stereocenters. The maximum Gasteiger partial charge on any atom is 0.326 e. The number of rotatable bonds is 30. The van der Waals surface area contributed by atoms with Gasteiger partial charge in [-0.05, 0) is 84.7 Å². The summed E-state index contributed by atoms with van der Waals surface area (Å²) in [4.78, 5) is 140. The summed E-state index contributed by atoms with van der Waals surface area (Å²) in [6.45, 7) is -0.156. The summed E-state index contributed by atoms with van der Waals surface area (Å²) < 4.78 is 13.3. The third kappa shape index (κ3) is 19.6. The van der Waals surface area contributed by atoms with Crippen molar-refractivity contribution in [1.29, 1.82) is 0 Å². The number of nitrogens with one attached hydrogen (secondary N) is 7. The fraction of sp³-hybridized carbons (Fsp3) is 0.347. The van der Waals surface area contributed by atoms with Crippen LogP contribution in [0.3, 0.4) is 0 Å². The first-order valence-electron chi connectivity index (χ1n) is 23.0. The lowest BCUT2D eigenvalue weighted by Gasteiger charge is -2.23. The van der Waals surface area contributed by atoms with E-state index in [9.17, 15) is 77.6 Å². The molecular formula is C49H55FN8O16. The van der Waals surface area contributed by atoms with Crippen molar-refractivity contribution >= 4 is 76.2 Å². The highest BCUT2D eigenvalue weighted by Crippen LogP contribution is 2.18. The number of hydrogen-bond donors (Lipinski definition) is 12. The lowest BCUT2D eigenvalue weighted by atomic mass is 10.0. The van der Waals surface area contributed by atoms with E-state index in [0.717, 1.165) is 29.1 Å². The number of urea groups is 1. The molecule has 74 heavy (non-hydrogen) atoms. The van der Waals surface area contributed by atoms with E-state index in [2.05, 4.69) is 36.9 Å². The number of carbonyl (C=O) groups is 11. The minimum atomic E-state index is -1.58. The van der Waals surface area contributed by atoms with Crippen LogP contribution in [0.1, 0.15) is 89.6 Å². The zero-order valence-electron chi connectivity index (χ0n) is 39.5. The molecule has 0 aliphatic carbocycles. The first-order valence-corrected chi connectivity index (χ1v) is 23.0. The summed E-state index contributed by atoms with van der Waals surface area (Å²) in [6.07, 6.45) is -1.76. The second kappa shape index (κ2) is 28.7. The van der Waals surface area contributed by atoms with Gasteiger partial charge in [-0.2, -0.15) is 4.39 Å². The molecule has 1 heterocycles. The number of aliphatic carboxylic acids is 5. The number of nitrogens with zero attached hydrogens (tertiary/aromatic N) is 1. The van der Waals surface area contributed by atoms with Crippen LogP contribution in [0.15, 0.2) is 85.1 Å². The van der Waals surface area contributed by atoms with Crippen LogP contribution in [0.5, 0.6) is 0 Å². The quantitative estimate of drug-likeness (QED) is 0.0261. The van der Waals surface area contributed by atoms with E-state index < -0.39 is 140 Å². The van der Waals surface area contributed by atoms with Gasteiger partial charge in [0.05, 0.1) is 5.56 Å². The number of unbranched alkanes of at least 4 members (excludes halogenated alkanes) is 1. The smallest absolute Gasteiger partial charge is 0.326 e. The van der Waals surface area contributed by atoms with E-state index >= 15 is 0 Å². The number of hydrogen-bond acceptors (Lipinski definition) is 12. The molecule has 4 aromatic rings. The van der Waals surface area contributed by atoms with Crippen molar-refractivity contribution in [2.24, 2.45) is 0 Å². The Labute approximate surface area is 420 Å². The van der Waals surface area contributed by atoms with E-state index in [4.69, 9.17) is 5.11 Å². The first kappa shape index (κ1) is 57.5. The van der Waals surface area contributed by atoms with Gasteiger partial charge in [-0.15, -0.1) is 0 Å². The Morgan fingerprint density at radius 2 is 1.00 bits per heavy atom. The van der Waals surface area contributed by atoms with Gasteiger partial charge in [-0.3, -0.25) is 38.4 Å². The van der Waals surface area contributed by atoms with E-state index in [1.54, 1.807) is 6.07 Å². The van der Waals surface area contributed by atoms with Crippen LogP contribution >= 0.6 is 0 Å². The monoisotopic (exact) mass is 1030 g/mol. The third-order valence-electron chi connectivity index (χ3n) is 11.2. The highest BCUT2D eigenvalue weighted by molar-refractivity contribution is 5.99. The molecule has 0 saturated heterocycles. The van der Waals surface area contributed by atoms with Crippen LogP contribution in [-0.4, -0.2) is 133 Å². The molecule has 12 N–H and O–H groups in total. The van der Waals surface area contributed by atoms with Gasteiger partial charge >= 0.3 is 35.9 Å². The molecule has 0 radical (unpaired) electrons. The average Bonchev–Trinajstić information content (AvgIpc) is 3.35. The summed E-state index contributed by atoms with van der Waals surface area (Å²) in [6, 6.07) is 12.6. The molecule has 0 saturated carbocycles. The van der Waals surface area contributed by atoms with Crippen molar-refractivity contribution in [3.63, 3.8) is 0 Å². The van der Waals surface area contributed by atoms with Gasteiger partial charge in [-0.1, -0.05) is 54.6 Å². The molecular weight excluding hydrogens is 976 g/mol. The molecule has 0 bridgehead atoms. The molecule has 25 heteroatoms. The molecule has 4 rings (SSSR count). The van der Waals surface area contributed by atoms with Crippen molar-refractivity contribution in [1.82, 2.24) is 42.2 Å². The average molecular weight is 1030 g/mol. The van der Waals surface area contributed by atoms with E-state index in [1.165, 1.54) is 24.3 Å². The van der Waals surface area contributed by atoms with Crippen molar-refractivity contribution in [3.05, 3.63) is 113 Å². The van der Waals surface area contributed by atoms with Crippen LogP contribution < -0.4 is 37.2 Å². The highest BCUT2D eigenvalue weighted by atomic mass is 19.1. The van der Waals surface area contributed by atoms with Crippen LogP contribution in [0.4, 0.5) is 9.18 Å². The zero-order valence-corrected chi connectivity index (χ0v) is 39.5. The van der Waals surface area contributed by atoms with Crippen molar-refractivity contribution in [2.45, 2.75) is 101 Å².